The first kappa shape index (κ1) is 19.1. The molecule has 0 unspecified atom stereocenters. The fourth-order valence-corrected chi connectivity index (χ4v) is 2.75. The molecule has 5 nitrogen and oxygen atoms in total. The molecule has 1 heterocycles. The van der Waals surface area contributed by atoms with Crippen LogP contribution in [0, 0.1) is 5.92 Å². The minimum absolute atomic E-state index is 0.204. The number of hydrogen-bond acceptors (Lipinski definition) is 2. The molecular weight excluding hydrogens is 335 g/mol. The lowest BCUT2D eigenvalue weighted by Crippen LogP contribution is -2.48. The number of alkyl halides is 3. The molecule has 1 fully saturated rings. The van der Waals surface area contributed by atoms with Crippen LogP contribution >= 0.6 is 0 Å². The van der Waals surface area contributed by atoms with Crippen LogP contribution in [0.4, 0.5) is 18.0 Å². The van der Waals surface area contributed by atoms with E-state index in [4.69, 9.17) is 0 Å². The van der Waals surface area contributed by atoms with Crippen molar-refractivity contribution in [2.24, 2.45) is 5.92 Å². The maximum atomic E-state index is 12.1. The van der Waals surface area contributed by atoms with Crippen LogP contribution in [0.2, 0.25) is 0 Å². The summed E-state index contributed by atoms with van der Waals surface area (Å²) in [5, 5.41) is 4.73. The van der Waals surface area contributed by atoms with E-state index >= 15 is 0 Å². The molecule has 0 aromatic heterocycles. The van der Waals surface area contributed by atoms with Gasteiger partial charge in [-0.05, 0) is 24.8 Å². The molecule has 0 saturated carbocycles. The van der Waals surface area contributed by atoms with Crippen LogP contribution in [0.5, 0.6) is 0 Å². The van der Waals surface area contributed by atoms with Gasteiger partial charge in [0.1, 0.15) is 6.54 Å². The highest BCUT2D eigenvalue weighted by Crippen LogP contribution is 2.18. The quantitative estimate of drug-likeness (QED) is 0.850. The monoisotopic (exact) mass is 357 g/mol. The molecule has 1 aliphatic rings. The second kappa shape index (κ2) is 8.73. The van der Waals surface area contributed by atoms with Crippen LogP contribution in [0.15, 0.2) is 30.3 Å². The third kappa shape index (κ3) is 6.64. The van der Waals surface area contributed by atoms with Gasteiger partial charge in [-0.3, -0.25) is 4.79 Å². The van der Waals surface area contributed by atoms with E-state index in [0.717, 1.165) is 12.0 Å². The smallest absolute Gasteiger partial charge is 0.347 e. The van der Waals surface area contributed by atoms with Gasteiger partial charge in [-0.1, -0.05) is 30.3 Å². The predicted octanol–water partition coefficient (Wildman–Crippen LogP) is 2.33. The van der Waals surface area contributed by atoms with E-state index in [1.807, 2.05) is 35.6 Å². The van der Waals surface area contributed by atoms with Crippen molar-refractivity contribution in [2.75, 3.05) is 26.2 Å². The number of carbonyl (C=O) groups excluding carboxylic acids is 2. The Hall–Kier alpha value is -2.25. The van der Waals surface area contributed by atoms with E-state index in [0.29, 0.717) is 32.5 Å². The zero-order chi connectivity index (χ0) is 18.3. The standard InChI is InChI=1S/C17H22F3N3O2/c18-17(19,20)12-22-15(24)14-7-10-23(11-8-14)16(25)21-9-6-13-4-2-1-3-5-13/h1-5,14H,6-12H2,(H,21,25)(H,22,24). The second-order valence-electron chi connectivity index (χ2n) is 6.06. The predicted molar refractivity (Wildman–Crippen MR) is 86.9 cm³/mol. The summed E-state index contributed by atoms with van der Waals surface area (Å²) in [7, 11) is 0. The largest absolute Gasteiger partial charge is 0.405 e. The highest BCUT2D eigenvalue weighted by Gasteiger charge is 2.31. The van der Waals surface area contributed by atoms with Gasteiger partial charge in [-0.2, -0.15) is 13.2 Å². The summed E-state index contributed by atoms with van der Waals surface area (Å²) in [4.78, 5) is 25.4. The van der Waals surface area contributed by atoms with Gasteiger partial charge in [0.15, 0.2) is 0 Å². The van der Waals surface area contributed by atoms with Gasteiger partial charge in [0, 0.05) is 25.6 Å². The first-order valence-corrected chi connectivity index (χ1v) is 8.26. The minimum atomic E-state index is -4.41. The van der Waals surface area contributed by atoms with Gasteiger partial charge in [-0.15, -0.1) is 0 Å². The Morgan fingerprint density at radius 2 is 1.72 bits per heavy atom. The number of rotatable bonds is 5. The second-order valence-corrected chi connectivity index (χ2v) is 6.06. The Morgan fingerprint density at radius 3 is 2.32 bits per heavy atom. The van der Waals surface area contributed by atoms with E-state index < -0.39 is 24.5 Å². The summed E-state index contributed by atoms with van der Waals surface area (Å²) in [5.41, 5.74) is 1.13. The van der Waals surface area contributed by atoms with E-state index in [1.165, 1.54) is 0 Å². The Kier molecular flexibility index (Phi) is 6.66. The number of hydrogen-bond donors (Lipinski definition) is 2. The topological polar surface area (TPSA) is 61.4 Å². The number of nitrogens with zero attached hydrogens (tertiary/aromatic N) is 1. The van der Waals surface area contributed by atoms with Crippen molar-refractivity contribution < 1.29 is 22.8 Å². The van der Waals surface area contributed by atoms with E-state index in [-0.39, 0.29) is 6.03 Å². The lowest BCUT2D eigenvalue weighted by molar-refractivity contribution is -0.141. The van der Waals surface area contributed by atoms with Crippen molar-refractivity contribution in [1.29, 1.82) is 0 Å². The van der Waals surface area contributed by atoms with Crippen LogP contribution < -0.4 is 10.6 Å². The highest BCUT2D eigenvalue weighted by atomic mass is 19.4. The number of benzene rings is 1. The molecule has 1 aromatic rings. The summed E-state index contributed by atoms with van der Waals surface area (Å²) >= 11 is 0. The number of amides is 3. The Balaban J connectivity index is 1.67. The third-order valence-corrected chi connectivity index (χ3v) is 4.15. The first-order chi connectivity index (χ1) is 11.8. The normalized spacial score (nSPS) is 15.7. The average Bonchev–Trinajstić information content (AvgIpc) is 2.60. The molecule has 0 aliphatic carbocycles. The number of urea groups is 1. The fourth-order valence-electron chi connectivity index (χ4n) is 2.75. The van der Waals surface area contributed by atoms with Crippen molar-refractivity contribution in [3.63, 3.8) is 0 Å². The molecule has 25 heavy (non-hydrogen) atoms. The zero-order valence-corrected chi connectivity index (χ0v) is 13.8. The third-order valence-electron chi connectivity index (χ3n) is 4.15. The summed E-state index contributed by atoms with van der Waals surface area (Å²) in [6.45, 7) is -0.0799. The maximum absolute atomic E-state index is 12.1. The Bertz CT molecular complexity index is 570. The van der Waals surface area contributed by atoms with Gasteiger partial charge >= 0.3 is 12.2 Å². The first-order valence-electron chi connectivity index (χ1n) is 8.26. The van der Waals surface area contributed by atoms with Gasteiger partial charge in [-0.25, -0.2) is 4.79 Å². The molecule has 0 radical (unpaired) electrons. The van der Waals surface area contributed by atoms with Gasteiger partial charge < -0.3 is 15.5 Å². The number of nitrogens with one attached hydrogen (secondary N) is 2. The van der Waals surface area contributed by atoms with Gasteiger partial charge in [0.05, 0.1) is 0 Å². The van der Waals surface area contributed by atoms with Crippen molar-refractivity contribution in [1.82, 2.24) is 15.5 Å². The average molecular weight is 357 g/mol. The van der Waals surface area contributed by atoms with E-state index in [2.05, 4.69) is 5.32 Å². The van der Waals surface area contributed by atoms with Crippen LogP contribution in [-0.2, 0) is 11.2 Å². The molecule has 8 heteroatoms. The Labute approximate surface area is 144 Å². The molecular formula is C17H22F3N3O2. The van der Waals surface area contributed by atoms with Crippen LogP contribution in [0.3, 0.4) is 0 Å². The molecule has 0 spiro atoms. The molecule has 1 saturated heterocycles. The van der Waals surface area contributed by atoms with Crippen molar-refractivity contribution >= 4 is 11.9 Å². The summed E-state index contributed by atoms with van der Waals surface area (Å²) in [6, 6.07) is 9.56. The Morgan fingerprint density at radius 1 is 1.08 bits per heavy atom. The number of carbonyl (C=O) groups is 2. The van der Waals surface area contributed by atoms with Crippen molar-refractivity contribution in [2.45, 2.75) is 25.4 Å². The summed E-state index contributed by atoms with van der Waals surface area (Å²) in [6.07, 6.45) is -2.94. The molecule has 1 aliphatic heterocycles. The van der Waals surface area contributed by atoms with Gasteiger partial charge in [0.25, 0.3) is 0 Å². The van der Waals surface area contributed by atoms with Crippen LogP contribution in [0.1, 0.15) is 18.4 Å². The molecule has 0 bridgehead atoms. The lowest BCUT2D eigenvalue weighted by Gasteiger charge is -2.31. The molecule has 0 atom stereocenters. The number of piperidine rings is 1. The van der Waals surface area contributed by atoms with E-state index in [9.17, 15) is 22.8 Å². The number of likely N-dealkylation sites (tertiary alicyclic amines) is 1. The van der Waals surface area contributed by atoms with Crippen LogP contribution in [0.25, 0.3) is 0 Å². The van der Waals surface area contributed by atoms with Crippen molar-refractivity contribution in [3.05, 3.63) is 35.9 Å². The lowest BCUT2D eigenvalue weighted by atomic mass is 9.96. The SMILES string of the molecule is O=C(NCC(F)(F)F)C1CCN(C(=O)NCCc2ccccc2)CC1. The molecule has 2 rings (SSSR count). The summed E-state index contributed by atoms with van der Waals surface area (Å²) in [5.74, 6) is -1.07. The minimum Gasteiger partial charge on any atom is -0.347 e. The highest BCUT2D eigenvalue weighted by molar-refractivity contribution is 5.79. The van der Waals surface area contributed by atoms with E-state index in [1.54, 1.807) is 4.90 Å². The van der Waals surface area contributed by atoms with Gasteiger partial charge in [0.2, 0.25) is 5.91 Å². The molecule has 138 valence electrons. The molecule has 1 aromatic carbocycles. The zero-order valence-electron chi connectivity index (χ0n) is 13.8. The number of halogens is 3. The van der Waals surface area contributed by atoms with Crippen molar-refractivity contribution in [3.8, 4) is 0 Å². The maximum Gasteiger partial charge on any atom is 0.405 e. The summed E-state index contributed by atoms with van der Waals surface area (Å²) < 4.78 is 36.3. The fraction of sp³-hybridized carbons (Fsp3) is 0.529. The van der Waals surface area contributed by atoms with Crippen LogP contribution in [-0.4, -0.2) is 49.2 Å². The molecule has 3 amide bonds. The molecule has 2 N–H and O–H groups in total.